The number of nitrogens with zero attached hydrogens (tertiary/aromatic N) is 2. The van der Waals surface area contributed by atoms with Gasteiger partial charge in [-0.3, -0.25) is 0 Å². The number of nitrogens with one attached hydrogen (secondary N) is 1. The van der Waals surface area contributed by atoms with Crippen LogP contribution in [0.1, 0.15) is 36.8 Å². The Bertz CT molecular complexity index is 1240. The van der Waals surface area contributed by atoms with Gasteiger partial charge >= 0.3 is 12.1 Å². The van der Waals surface area contributed by atoms with E-state index < -0.39 is 29.9 Å². The maximum atomic E-state index is 12.9. The summed E-state index contributed by atoms with van der Waals surface area (Å²) in [5.74, 6) is -0.895. The number of anilines is 1. The Morgan fingerprint density at radius 3 is 2.54 bits per heavy atom. The molecule has 0 saturated heterocycles. The summed E-state index contributed by atoms with van der Waals surface area (Å²) < 4.78 is 49.9. The molecule has 1 aromatic carbocycles. The maximum absolute atomic E-state index is 12.9. The van der Waals surface area contributed by atoms with Crippen LogP contribution in [0.5, 0.6) is 10.9 Å². The second kappa shape index (κ2) is 11.0. The number of thiophene rings is 1. The zero-order valence-corrected chi connectivity index (χ0v) is 20.5. The van der Waals surface area contributed by atoms with Crippen LogP contribution in [0, 0.1) is 24.2 Å². The van der Waals surface area contributed by atoms with Gasteiger partial charge in [0, 0.05) is 11.6 Å². The van der Waals surface area contributed by atoms with Crippen LogP contribution in [0.25, 0.3) is 0 Å². The van der Waals surface area contributed by atoms with Crippen molar-refractivity contribution >= 4 is 34.6 Å². The summed E-state index contributed by atoms with van der Waals surface area (Å²) in [5.41, 5.74) is 0.316. The lowest BCUT2D eigenvalue weighted by atomic mass is 10.0. The van der Waals surface area contributed by atoms with Gasteiger partial charge in [0.25, 0.3) is 0 Å². The largest absolute Gasteiger partial charge is 0.439 e. The molecule has 6 nitrogen and oxygen atoms in total. The van der Waals surface area contributed by atoms with Crippen LogP contribution in [0.15, 0.2) is 47.8 Å². The highest BCUT2D eigenvalue weighted by Crippen LogP contribution is 2.35. The minimum Gasteiger partial charge on any atom is -0.439 e. The number of aryl methyl sites for hydroxylation is 1. The van der Waals surface area contributed by atoms with E-state index in [9.17, 15) is 23.2 Å². The van der Waals surface area contributed by atoms with Crippen LogP contribution in [0.3, 0.4) is 0 Å². The van der Waals surface area contributed by atoms with Crippen molar-refractivity contribution in [3.8, 4) is 17.0 Å². The molecule has 1 N–H and O–H groups in total. The predicted molar refractivity (Wildman–Crippen MR) is 127 cm³/mol. The summed E-state index contributed by atoms with van der Waals surface area (Å²) in [6.45, 7) is 5.32. The van der Waals surface area contributed by atoms with Crippen LogP contribution in [-0.4, -0.2) is 17.0 Å². The van der Waals surface area contributed by atoms with Crippen molar-refractivity contribution in [2.45, 2.75) is 39.1 Å². The molecule has 0 spiro atoms. The molecule has 0 radical (unpaired) electrons. The molecular weight excluding hydrogens is 503 g/mol. The molecule has 0 amide bonds. The van der Waals surface area contributed by atoms with Crippen molar-refractivity contribution in [1.82, 2.24) is 4.98 Å². The van der Waals surface area contributed by atoms with Crippen LogP contribution < -0.4 is 10.1 Å². The number of hydrogen-bond acceptors (Lipinski definition) is 7. The third-order valence-corrected chi connectivity index (χ3v) is 6.11. The molecule has 2 atom stereocenters. The molecule has 3 rings (SSSR count). The minimum absolute atomic E-state index is 0.128. The fourth-order valence-corrected chi connectivity index (χ4v) is 4.03. The normalized spacial score (nSPS) is 13.1. The summed E-state index contributed by atoms with van der Waals surface area (Å²) in [6, 6.07) is 10.3. The molecule has 0 aliphatic rings. The van der Waals surface area contributed by atoms with Crippen molar-refractivity contribution < 1.29 is 27.4 Å². The van der Waals surface area contributed by atoms with E-state index in [0.29, 0.717) is 5.06 Å². The molecular formula is C24H21ClF3N3O3S. The summed E-state index contributed by atoms with van der Waals surface area (Å²) in [6.07, 6.45) is -5.88. The Hall–Kier alpha value is -3.29. The highest BCUT2D eigenvalue weighted by molar-refractivity contribution is 7.12. The van der Waals surface area contributed by atoms with Gasteiger partial charge in [-0.05, 0) is 48.6 Å². The number of alkyl halides is 3. The van der Waals surface area contributed by atoms with Gasteiger partial charge in [0.1, 0.15) is 12.1 Å². The van der Waals surface area contributed by atoms with Crippen molar-refractivity contribution in [2.75, 3.05) is 5.32 Å². The maximum Gasteiger partial charge on any atom is 0.416 e. The van der Waals surface area contributed by atoms with Crippen molar-refractivity contribution in [1.29, 1.82) is 5.26 Å². The average Bonchev–Trinajstić information content (AvgIpc) is 3.19. The van der Waals surface area contributed by atoms with Crippen LogP contribution in [0.4, 0.5) is 18.9 Å². The zero-order valence-electron chi connectivity index (χ0n) is 18.9. The number of rotatable bonds is 8. The van der Waals surface area contributed by atoms with E-state index in [0.717, 1.165) is 23.8 Å². The second-order valence-electron chi connectivity index (χ2n) is 7.90. The Labute approximate surface area is 209 Å². The fourth-order valence-electron chi connectivity index (χ4n) is 3.01. The molecule has 3 aromatic rings. The first-order valence-electron chi connectivity index (χ1n) is 10.4. The molecule has 0 bridgehead atoms. The molecule has 2 heterocycles. The average molecular weight is 524 g/mol. The molecule has 0 saturated carbocycles. The predicted octanol–water partition coefficient (Wildman–Crippen LogP) is 7.16. The second-order valence-corrected chi connectivity index (χ2v) is 9.18. The molecule has 0 aliphatic carbocycles. The summed E-state index contributed by atoms with van der Waals surface area (Å²) >= 11 is 7.41. The van der Waals surface area contributed by atoms with Gasteiger partial charge in [0.05, 0.1) is 22.0 Å². The number of benzene rings is 1. The van der Waals surface area contributed by atoms with E-state index in [1.165, 1.54) is 17.4 Å². The van der Waals surface area contributed by atoms with Gasteiger partial charge in [-0.15, -0.1) is 11.3 Å². The SMILES string of the molecule is Cc1ccsc1Oc1cccc(C(C#N)OC(=O)C(Nc2ccc(C(F)(F)F)cc2Cl)C(C)C)n1. The van der Waals surface area contributed by atoms with Crippen molar-refractivity contribution in [3.63, 3.8) is 0 Å². The summed E-state index contributed by atoms with van der Waals surface area (Å²) in [5, 5.41) is 14.8. The van der Waals surface area contributed by atoms with E-state index in [1.54, 1.807) is 26.0 Å². The summed E-state index contributed by atoms with van der Waals surface area (Å²) in [7, 11) is 0. The number of pyridine rings is 1. The molecule has 35 heavy (non-hydrogen) atoms. The number of esters is 1. The standard InChI is InChI=1S/C24H21ClF3N3O3S/c1-13(2)21(31-17-8-7-15(11-16(17)25)24(26,27)28)22(32)33-19(12-29)18-5-4-6-20(30-18)34-23-14(3)9-10-35-23/h4-11,13,19,21,31H,1-3H3. The van der Waals surface area contributed by atoms with Gasteiger partial charge < -0.3 is 14.8 Å². The van der Waals surface area contributed by atoms with Crippen molar-refractivity contribution in [2.24, 2.45) is 5.92 Å². The first-order chi connectivity index (χ1) is 16.5. The van der Waals surface area contributed by atoms with Gasteiger partial charge in [-0.2, -0.15) is 18.4 Å². The van der Waals surface area contributed by atoms with Crippen molar-refractivity contribution in [3.05, 3.63) is 69.7 Å². The van der Waals surface area contributed by atoms with Gasteiger partial charge in [-0.25, -0.2) is 9.78 Å². The van der Waals surface area contributed by atoms with E-state index >= 15 is 0 Å². The number of hydrogen-bond donors (Lipinski definition) is 1. The monoisotopic (exact) mass is 523 g/mol. The lowest BCUT2D eigenvalue weighted by Gasteiger charge is -2.24. The Balaban J connectivity index is 1.76. The Kier molecular flexibility index (Phi) is 8.25. The molecule has 184 valence electrons. The molecule has 2 aromatic heterocycles. The van der Waals surface area contributed by atoms with Crippen LogP contribution >= 0.6 is 22.9 Å². The molecule has 0 fully saturated rings. The molecule has 11 heteroatoms. The smallest absolute Gasteiger partial charge is 0.416 e. The number of carbonyl (C=O) groups excluding carboxylic acids is 1. The fraction of sp³-hybridized carbons (Fsp3) is 0.292. The molecule has 0 aliphatic heterocycles. The van der Waals surface area contributed by atoms with Gasteiger partial charge in [0.15, 0.2) is 5.06 Å². The number of nitriles is 1. The van der Waals surface area contributed by atoms with Gasteiger partial charge in [0.2, 0.25) is 12.0 Å². The van der Waals surface area contributed by atoms with E-state index in [-0.39, 0.29) is 28.2 Å². The topological polar surface area (TPSA) is 84.2 Å². The number of carbonyl (C=O) groups is 1. The lowest BCUT2D eigenvalue weighted by Crippen LogP contribution is -2.37. The van der Waals surface area contributed by atoms with Crippen LogP contribution in [-0.2, 0) is 15.7 Å². The number of aromatic nitrogens is 1. The Morgan fingerprint density at radius 1 is 1.23 bits per heavy atom. The van der Waals surface area contributed by atoms with E-state index in [1.807, 2.05) is 24.4 Å². The summed E-state index contributed by atoms with van der Waals surface area (Å²) in [4.78, 5) is 17.2. The van der Waals surface area contributed by atoms with Gasteiger partial charge in [-0.1, -0.05) is 31.5 Å². The van der Waals surface area contributed by atoms with Crippen LogP contribution in [0.2, 0.25) is 5.02 Å². The first-order valence-corrected chi connectivity index (χ1v) is 11.7. The molecule has 2 unspecified atom stereocenters. The van der Waals surface area contributed by atoms with E-state index in [2.05, 4.69) is 10.3 Å². The third kappa shape index (κ3) is 6.65. The lowest BCUT2D eigenvalue weighted by molar-refractivity contribution is -0.149. The van der Waals surface area contributed by atoms with E-state index in [4.69, 9.17) is 21.1 Å². The highest BCUT2D eigenvalue weighted by Gasteiger charge is 2.32. The number of halogens is 4. The highest BCUT2D eigenvalue weighted by atomic mass is 35.5. The Morgan fingerprint density at radius 2 is 1.97 bits per heavy atom. The third-order valence-electron chi connectivity index (χ3n) is 4.91. The quantitative estimate of drug-likeness (QED) is 0.315. The minimum atomic E-state index is -4.55. The number of ether oxygens (including phenoxy) is 2. The zero-order chi connectivity index (χ0) is 25.8. The first kappa shape index (κ1) is 26.3.